The Bertz CT molecular complexity index is 127. The van der Waals surface area contributed by atoms with E-state index in [1.807, 2.05) is 0 Å². The molecule has 1 aliphatic carbocycles. The standard InChI is InChI=1S/C9H17FO/c1-2-8-4-3-5-9(11,6-8)7-10/h8,11H,2-7H2,1H3. The van der Waals surface area contributed by atoms with Crippen LogP contribution in [0.5, 0.6) is 0 Å². The second kappa shape index (κ2) is 3.53. The van der Waals surface area contributed by atoms with Crippen LogP contribution in [0, 0.1) is 5.92 Å². The quantitative estimate of drug-likeness (QED) is 0.657. The Morgan fingerprint density at radius 3 is 2.91 bits per heavy atom. The lowest BCUT2D eigenvalue weighted by Crippen LogP contribution is -2.37. The second-order valence-corrected chi connectivity index (χ2v) is 3.73. The zero-order chi connectivity index (χ0) is 8.32. The predicted molar refractivity (Wildman–Crippen MR) is 43.2 cm³/mol. The third-order valence-electron chi connectivity index (χ3n) is 2.75. The van der Waals surface area contributed by atoms with E-state index in [0.717, 1.165) is 12.8 Å². The van der Waals surface area contributed by atoms with Gasteiger partial charge in [-0.3, -0.25) is 0 Å². The molecule has 1 nitrogen and oxygen atoms in total. The van der Waals surface area contributed by atoms with E-state index in [1.165, 1.54) is 6.42 Å². The molecular weight excluding hydrogens is 143 g/mol. The van der Waals surface area contributed by atoms with Gasteiger partial charge in [0.1, 0.15) is 6.67 Å². The minimum Gasteiger partial charge on any atom is -0.387 e. The third-order valence-corrected chi connectivity index (χ3v) is 2.75. The molecule has 0 aromatic heterocycles. The van der Waals surface area contributed by atoms with Gasteiger partial charge in [0.15, 0.2) is 0 Å². The molecule has 0 spiro atoms. The maximum atomic E-state index is 12.3. The van der Waals surface area contributed by atoms with Crippen LogP contribution in [0.25, 0.3) is 0 Å². The Labute approximate surface area is 67.6 Å². The predicted octanol–water partition coefficient (Wildman–Crippen LogP) is 2.29. The average molecular weight is 160 g/mol. The third kappa shape index (κ3) is 2.16. The summed E-state index contributed by atoms with van der Waals surface area (Å²) in [5, 5.41) is 9.61. The summed E-state index contributed by atoms with van der Waals surface area (Å²) in [6.07, 6.45) is 4.54. The number of alkyl halides is 1. The highest BCUT2D eigenvalue weighted by Gasteiger charge is 2.33. The lowest BCUT2D eigenvalue weighted by atomic mass is 9.78. The van der Waals surface area contributed by atoms with Crippen LogP contribution < -0.4 is 0 Å². The highest BCUT2D eigenvalue weighted by atomic mass is 19.1. The molecule has 1 aliphatic rings. The van der Waals surface area contributed by atoms with E-state index in [-0.39, 0.29) is 0 Å². The molecule has 1 fully saturated rings. The molecule has 1 N–H and O–H groups in total. The summed E-state index contributed by atoms with van der Waals surface area (Å²) in [6.45, 7) is 1.54. The van der Waals surface area contributed by atoms with E-state index in [9.17, 15) is 9.50 Å². The number of rotatable bonds is 2. The van der Waals surface area contributed by atoms with E-state index in [2.05, 4.69) is 6.92 Å². The van der Waals surface area contributed by atoms with Crippen LogP contribution in [-0.4, -0.2) is 17.4 Å². The smallest absolute Gasteiger partial charge is 0.118 e. The molecule has 2 atom stereocenters. The number of hydrogen-bond donors (Lipinski definition) is 1. The Morgan fingerprint density at radius 1 is 1.64 bits per heavy atom. The summed E-state index contributed by atoms with van der Waals surface area (Å²) in [5.74, 6) is 0.546. The molecule has 0 aliphatic heterocycles. The molecule has 0 saturated heterocycles. The fraction of sp³-hybridized carbons (Fsp3) is 1.00. The Morgan fingerprint density at radius 2 is 2.36 bits per heavy atom. The first kappa shape index (κ1) is 8.98. The molecule has 0 aromatic carbocycles. The van der Waals surface area contributed by atoms with E-state index in [0.29, 0.717) is 18.8 Å². The highest BCUT2D eigenvalue weighted by molar-refractivity contribution is 4.85. The van der Waals surface area contributed by atoms with Gasteiger partial charge in [0, 0.05) is 0 Å². The van der Waals surface area contributed by atoms with Crippen LogP contribution in [-0.2, 0) is 0 Å². The number of halogens is 1. The average Bonchev–Trinajstić information content (AvgIpc) is 2.05. The molecular formula is C9H17FO. The summed E-state index contributed by atoms with van der Waals surface area (Å²) < 4.78 is 12.3. The summed E-state index contributed by atoms with van der Waals surface area (Å²) >= 11 is 0. The van der Waals surface area contributed by atoms with E-state index in [4.69, 9.17) is 0 Å². The van der Waals surface area contributed by atoms with Crippen molar-refractivity contribution in [2.24, 2.45) is 5.92 Å². The van der Waals surface area contributed by atoms with Crippen molar-refractivity contribution in [3.8, 4) is 0 Å². The van der Waals surface area contributed by atoms with Crippen molar-refractivity contribution in [3.63, 3.8) is 0 Å². The van der Waals surface area contributed by atoms with Gasteiger partial charge in [-0.05, 0) is 18.8 Å². The minimum absolute atomic E-state index is 0.546. The summed E-state index contributed by atoms with van der Waals surface area (Å²) in [7, 11) is 0. The van der Waals surface area contributed by atoms with Gasteiger partial charge in [-0.25, -0.2) is 4.39 Å². The van der Waals surface area contributed by atoms with Gasteiger partial charge in [0.2, 0.25) is 0 Å². The fourth-order valence-corrected chi connectivity index (χ4v) is 1.93. The van der Waals surface area contributed by atoms with Gasteiger partial charge >= 0.3 is 0 Å². The van der Waals surface area contributed by atoms with Gasteiger partial charge in [0.05, 0.1) is 5.60 Å². The molecule has 66 valence electrons. The summed E-state index contributed by atoms with van der Waals surface area (Å²) in [6, 6.07) is 0. The van der Waals surface area contributed by atoms with E-state index in [1.54, 1.807) is 0 Å². The zero-order valence-electron chi connectivity index (χ0n) is 7.15. The first-order valence-electron chi connectivity index (χ1n) is 4.48. The maximum absolute atomic E-state index is 12.3. The molecule has 2 heteroatoms. The van der Waals surface area contributed by atoms with Crippen LogP contribution in [0.3, 0.4) is 0 Å². The molecule has 0 radical (unpaired) electrons. The van der Waals surface area contributed by atoms with Gasteiger partial charge in [-0.2, -0.15) is 0 Å². The van der Waals surface area contributed by atoms with Crippen molar-refractivity contribution in [3.05, 3.63) is 0 Å². The highest BCUT2D eigenvalue weighted by Crippen LogP contribution is 2.34. The number of hydrogen-bond acceptors (Lipinski definition) is 1. The molecule has 1 rings (SSSR count). The molecule has 0 amide bonds. The Kier molecular flexibility index (Phi) is 2.88. The van der Waals surface area contributed by atoms with Crippen LogP contribution in [0.2, 0.25) is 0 Å². The van der Waals surface area contributed by atoms with Crippen LogP contribution in [0.1, 0.15) is 39.0 Å². The van der Waals surface area contributed by atoms with Crippen LogP contribution >= 0.6 is 0 Å². The Hall–Kier alpha value is -0.110. The van der Waals surface area contributed by atoms with Crippen molar-refractivity contribution in [1.29, 1.82) is 0 Å². The second-order valence-electron chi connectivity index (χ2n) is 3.73. The van der Waals surface area contributed by atoms with Crippen molar-refractivity contribution in [2.45, 2.75) is 44.6 Å². The first-order valence-corrected chi connectivity index (χ1v) is 4.48. The topological polar surface area (TPSA) is 20.2 Å². The lowest BCUT2D eigenvalue weighted by Gasteiger charge is -2.34. The van der Waals surface area contributed by atoms with Crippen LogP contribution in [0.15, 0.2) is 0 Å². The van der Waals surface area contributed by atoms with Crippen molar-refractivity contribution >= 4 is 0 Å². The molecule has 0 bridgehead atoms. The first-order chi connectivity index (χ1) is 5.20. The molecule has 11 heavy (non-hydrogen) atoms. The lowest BCUT2D eigenvalue weighted by molar-refractivity contribution is -0.0351. The Balaban J connectivity index is 2.44. The summed E-state index contributed by atoms with van der Waals surface area (Å²) in [4.78, 5) is 0. The van der Waals surface area contributed by atoms with Crippen molar-refractivity contribution < 1.29 is 9.50 Å². The van der Waals surface area contributed by atoms with Gasteiger partial charge in [-0.15, -0.1) is 0 Å². The fourth-order valence-electron chi connectivity index (χ4n) is 1.93. The van der Waals surface area contributed by atoms with E-state index >= 15 is 0 Å². The largest absolute Gasteiger partial charge is 0.387 e. The zero-order valence-corrected chi connectivity index (χ0v) is 7.15. The molecule has 0 heterocycles. The van der Waals surface area contributed by atoms with Gasteiger partial charge in [0.25, 0.3) is 0 Å². The van der Waals surface area contributed by atoms with Gasteiger partial charge < -0.3 is 5.11 Å². The molecule has 1 saturated carbocycles. The van der Waals surface area contributed by atoms with Gasteiger partial charge in [-0.1, -0.05) is 26.2 Å². The van der Waals surface area contributed by atoms with E-state index < -0.39 is 12.3 Å². The molecule has 2 unspecified atom stereocenters. The maximum Gasteiger partial charge on any atom is 0.118 e. The monoisotopic (exact) mass is 160 g/mol. The minimum atomic E-state index is -0.973. The van der Waals surface area contributed by atoms with Crippen molar-refractivity contribution in [2.75, 3.05) is 6.67 Å². The summed E-state index contributed by atoms with van der Waals surface area (Å²) in [5.41, 5.74) is -0.973. The molecule has 0 aromatic rings. The number of aliphatic hydroxyl groups is 1. The SMILES string of the molecule is CCC1CCCC(O)(CF)C1. The van der Waals surface area contributed by atoms with Crippen molar-refractivity contribution in [1.82, 2.24) is 0 Å². The normalized spacial score (nSPS) is 39.0. The van der Waals surface area contributed by atoms with Crippen LogP contribution in [0.4, 0.5) is 4.39 Å².